The van der Waals surface area contributed by atoms with Gasteiger partial charge in [0.05, 0.1) is 5.02 Å². The van der Waals surface area contributed by atoms with Crippen molar-refractivity contribution in [2.45, 2.75) is 0 Å². The average molecular weight is 267 g/mol. The van der Waals surface area contributed by atoms with Gasteiger partial charge in [-0.1, -0.05) is 11.6 Å². The normalized spacial score (nSPS) is 15.9. The molecule has 84 valence electrons. The first-order valence-electron chi connectivity index (χ1n) is 4.52. The van der Waals surface area contributed by atoms with Crippen LogP contribution >= 0.6 is 35.3 Å². The second-order valence-corrected chi connectivity index (χ2v) is 4.46. The van der Waals surface area contributed by atoms with Gasteiger partial charge < -0.3 is 10.2 Å². The van der Waals surface area contributed by atoms with Crippen LogP contribution in [0.25, 0.3) is 0 Å². The van der Waals surface area contributed by atoms with E-state index in [4.69, 9.17) is 11.6 Å². The van der Waals surface area contributed by atoms with Crippen molar-refractivity contribution in [1.82, 2.24) is 10.2 Å². The molecule has 0 spiro atoms. The Morgan fingerprint density at radius 2 is 2.13 bits per heavy atom. The van der Waals surface area contributed by atoms with E-state index in [1.54, 1.807) is 6.07 Å². The number of amides is 1. The predicted octanol–water partition coefficient (Wildman–Crippen LogP) is 1.87. The smallest absolute Gasteiger partial charge is 0.265 e. The number of nitrogens with one attached hydrogen (secondary N) is 1. The van der Waals surface area contributed by atoms with Crippen LogP contribution in [0.1, 0.15) is 9.67 Å². The van der Waals surface area contributed by atoms with Crippen LogP contribution in [0.5, 0.6) is 0 Å². The monoisotopic (exact) mass is 266 g/mol. The summed E-state index contributed by atoms with van der Waals surface area (Å²) in [5, 5.41) is 5.62. The molecule has 1 fully saturated rings. The summed E-state index contributed by atoms with van der Waals surface area (Å²) in [5.41, 5.74) is 0. The van der Waals surface area contributed by atoms with Crippen molar-refractivity contribution in [3.63, 3.8) is 0 Å². The third-order valence-electron chi connectivity index (χ3n) is 2.22. The van der Waals surface area contributed by atoms with E-state index in [0.29, 0.717) is 9.90 Å². The molecule has 2 heterocycles. The number of piperazine rings is 1. The molecule has 15 heavy (non-hydrogen) atoms. The Balaban J connectivity index is 0.00000112. The van der Waals surface area contributed by atoms with Crippen LogP contribution in [-0.2, 0) is 0 Å². The molecule has 1 aromatic heterocycles. The lowest BCUT2D eigenvalue weighted by Crippen LogP contribution is -2.46. The highest BCUT2D eigenvalue weighted by atomic mass is 35.5. The highest BCUT2D eigenvalue weighted by Crippen LogP contribution is 2.23. The molecule has 6 heteroatoms. The van der Waals surface area contributed by atoms with Gasteiger partial charge in [-0.05, 0) is 11.4 Å². The molecule has 0 atom stereocenters. The second-order valence-electron chi connectivity index (χ2n) is 3.14. The molecule has 0 bridgehead atoms. The molecule has 1 aliphatic heterocycles. The van der Waals surface area contributed by atoms with Gasteiger partial charge in [-0.2, -0.15) is 0 Å². The van der Waals surface area contributed by atoms with Crippen molar-refractivity contribution in [1.29, 1.82) is 0 Å². The fourth-order valence-electron chi connectivity index (χ4n) is 1.46. The van der Waals surface area contributed by atoms with E-state index < -0.39 is 0 Å². The molecule has 0 saturated carbocycles. The van der Waals surface area contributed by atoms with Gasteiger partial charge in [0, 0.05) is 26.2 Å². The van der Waals surface area contributed by atoms with Gasteiger partial charge in [0.1, 0.15) is 4.88 Å². The molecule has 2 rings (SSSR count). The topological polar surface area (TPSA) is 32.3 Å². The minimum Gasteiger partial charge on any atom is -0.335 e. The number of hydrogen-bond acceptors (Lipinski definition) is 3. The molecule has 1 N–H and O–H groups in total. The summed E-state index contributed by atoms with van der Waals surface area (Å²) in [4.78, 5) is 14.4. The first-order valence-corrected chi connectivity index (χ1v) is 5.78. The zero-order valence-corrected chi connectivity index (χ0v) is 10.4. The van der Waals surface area contributed by atoms with Gasteiger partial charge in [-0.3, -0.25) is 4.79 Å². The predicted molar refractivity (Wildman–Crippen MR) is 65.4 cm³/mol. The third kappa shape index (κ3) is 2.84. The van der Waals surface area contributed by atoms with Gasteiger partial charge in [0.15, 0.2) is 0 Å². The van der Waals surface area contributed by atoms with Crippen LogP contribution in [0, 0.1) is 0 Å². The Morgan fingerprint density at radius 1 is 1.47 bits per heavy atom. The Morgan fingerprint density at radius 3 is 2.67 bits per heavy atom. The number of nitrogens with zero attached hydrogens (tertiary/aromatic N) is 1. The van der Waals surface area contributed by atoms with Crippen LogP contribution < -0.4 is 5.32 Å². The van der Waals surface area contributed by atoms with E-state index in [2.05, 4.69) is 5.32 Å². The number of carbonyl (C=O) groups is 1. The second kappa shape index (κ2) is 5.70. The van der Waals surface area contributed by atoms with E-state index in [1.807, 2.05) is 10.3 Å². The van der Waals surface area contributed by atoms with Crippen molar-refractivity contribution in [2.24, 2.45) is 0 Å². The quantitative estimate of drug-likeness (QED) is 0.842. The molecule has 0 aliphatic carbocycles. The molecule has 1 aliphatic rings. The maximum absolute atomic E-state index is 11.9. The summed E-state index contributed by atoms with van der Waals surface area (Å²) in [6.07, 6.45) is 0. The summed E-state index contributed by atoms with van der Waals surface area (Å²) in [6, 6.07) is 1.77. The van der Waals surface area contributed by atoms with Crippen molar-refractivity contribution < 1.29 is 4.79 Å². The largest absolute Gasteiger partial charge is 0.335 e. The zero-order valence-electron chi connectivity index (χ0n) is 8.03. The van der Waals surface area contributed by atoms with Crippen molar-refractivity contribution >= 4 is 41.3 Å². The highest BCUT2D eigenvalue weighted by Gasteiger charge is 2.20. The maximum Gasteiger partial charge on any atom is 0.265 e. The Hall–Kier alpha value is -0.290. The molecule has 1 amide bonds. The van der Waals surface area contributed by atoms with Gasteiger partial charge >= 0.3 is 0 Å². The third-order valence-corrected chi connectivity index (χ3v) is 3.55. The number of rotatable bonds is 1. The van der Waals surface area contributed by atoms with E-state index in [9.17, 15) is 4.79 Å². The number of halogens is 2. The van der Waals surface area contributed by atoms with Crippen molar-refractivity contribution in [3.05, 3.63) is 21.3 Å². The fourth-order valence-corrected chi connectivity index (χ4v) is 2.56. The molecular weight excluding hydrogens is 255 g/mol. The molecule has 3 nitrogen and oxygen atoms in total. The van der Waals surface area contributed by atoms with E-state index in [0.717, 1.165) is 26.2 Å². The van der Waals surface area contributed by atoms with E-state index in [-0.39, 0.29) is 18.3 Å². The van der Waals surface area contributed by atoms with Crippen molar-refractivity contribution in [2.75, 3.05) is 26.2 Å². The van der Waals surface area contributed by atoms with Crippen LogP contribution in [0.4, 0.5) is 0 Å². The average Bonchev–Trinajstić information content (AvgIpc) is 2.65. The summed E-state index contributed by atoms with van der Waals surface area (Å²) >= 11 is 7.31. The van der Waals surface area contributed by atoms with E-state index >= 15 is 0 Å². The van der Waals surface area contributed by atoms with Crippen LogP contribution in [0.3, 0.4) is 0 Å². The molecular formula is C9H12Cl2N2OS. The van der Waals surface area contributed by atoms with Gasteiger partial charge in [0.2, 0.25) is 0 Å². The van der Waals surface area contributed by atoms with Crippen LogP contribution in [-0.4, -0.2) is 37.0 Å². The molecule has 1 aromatic rings. The van der Waals surface area contributed by atoms with Crippen LogP contribution in [0.2, 0.25) is 5.02 Å². The minimum atomic E-state index is 0. The lowest BCUT2D eigenvalue weighted by molar-refractivity contribution is 0.0741. The maximum atomic E-state index is 11.9. The van der Waals surface area contributed by atoms with Gasteiger partial charge in [-0.25, -0.2) is 0 Å². The van der Waals surface area contributed by atoms with Crippen LogP contribution in [0.15, 0.2) is 11.4 Å². The summed E-state index contributed by atoms with van der Waals surface area (Å²) in [6.45, 7) is 3.28. The van der Waals surface area contributed by atoms with Gasteiger partial charge in [0.25, 0.3) is 5.91 Å². The Bertz CT molecular complexity index is 337. The first kappa shape index (κ1) is 12.8. The summed E-state index contributed by atoms with van der Waals surface area (Å²) < 4.78 is 0. The molecule has 0 aromatic carbocycles. The number of thiophene rings is 1. The summed E-state index contributed by atoms with van der Waals surface area (Å²) in [5.74, 6) is 0.0616. The van der Waals surface area contributed by atoms with E-state index in [1.165, 1.54) is 11.3 Å². The van der Waals surface area contributed by atoms with Crippen molar-refractivity contribution in [3.8, 4) is 0 Å². The molecule has 1 saturated heterocycles. The SMILES string of the molecule is Cl.O=C(c1sccc1Cl)N1CCNCC1. The number of carbonyl (C=O) groups excluding carboxylic acids is 1. The lowest BCUT2D eigenvalue weighted by Gasteiger charge is -2.27. The Kier molecular flexibility index (Phi) is 4.86. The number of hydrogen-bond donors (Lipinski definition) is 1. The lowest BCUT2D eigenvalue weighted by atomic mass is 10.3. The Labute approximate surface area is 104 Å². The molecule has 0 unspecified atom stereocenters. The first-order chi connectivity index (χ1) is 6.79. The standard InChI is InChI=1S/C9H11ClN2OS.ClH/c10-7-1-6-14-8(7)9(13)12-4-2-11-3-5-12;/h1,6,11H,2-5H2;1H. The minimum absolute atomic E-state index is 0. The fraction of sp³-hybridized carbons (Fsp3) is 0.444. The molecule has 0 radical (unpaired) electrons. The highest BCUT2D eigenvalue weighted by molar-refractivity contribution is 7.12. The zero-order chi connectivity index (χ0) is 9.97. The summed E-state index contributed by atoms with van der Waals surface area (Å²) in [7, 11) is 0. The van der Waals surface area contributed by atoms with Gasteiger partial charge in [-0.15, -0.1) is 23.7 Å².